The lowest BCUT2D eigenvalue weighted by Crippen LogP contribution is -2.36. The first-order valence-corrected chi connectivity index (χ1v) is 13.4. The summed E-state index contributed by atoms with van der Waals surface area (Å²) in [4.78, 5) is 27.6. The molecule has 3 aromatic rings. The van der Waals surface area contributed by atoms with Crippen molar-refractivity contribution in [2.75, 3.05) is 50.6 Å². The van der Waals surface area contributed by atoms with Crippen molar-refractivity contribution in [1.29, 1.82) is 0 Å². The minimum atomic E-state index is -0.961. The number of nitrogens with one attached hydrogen (secondary N) is 2. The molecule has 3 N–H and O–H groups in total. The maximum absolute atomic E-state index is 13.0. The summed E-state index contributed by atoms with van der Waals surface area (Å²) in [7, 11) is 1.57. The zero-order valence-corrected chi connectivity index (χ0v) is 22.0. The number of rotatable bonds is 15. The number of carboxylic acid groups (broad SMARTS) is 1. The molecular formula is C28H37FN6O3. The molecule has 10 heteroatoms. The number of carboxylic acids is 1. The van der Waals surface area contributed by atoms with Gasteiger partial charge in [-0.1, -0.05) is 12.1 Å². The number of aryl methyl sites for hydroxylation is 2. The van der Waals surface area contributed by atoms with E-state index >= 15 is 0 Å². The summed E-state index contributed by atoms with van der Waals surface area (Å²) in [5.74, 6) is 1.10. The minimum Gasteiger partial charge on any atom is -0.494 e. The van der Waals surface area contributed by atoms with E-state index in [2.05, 4.69) is 37.6 Å². The van der Waals surface area contributed by atoms with Crippen LogP contribution in [-0.2, 0) is 17.6 Å². The summed E-state index contributed by atoms with van der Waals surface area (Å²) in [5, 5.41) is 17.1. The van der Waals surface area contributed by atoms with E-state index in [0.29, 0.717) is 48.4 Å². The van der Waals surface area contributed by atoms with Gasteiger partial charge in [0, 0.05) is 30.7 Å². The van der Waals surface area contributed by atoms with Gasteiger partial charge in [0.05, 0.1) is 13.8 Å². The molecule has 0 radical (unpaired) electrons. The van der Waals surface area contributed by atoms with Gasteiger partial charge >= 0.3 is 5.97 Å². The molecule has 1 aliphatic heterocycles. The molecular weight excluding hydrogens is 487 g/mol. The van der Waals surface area contributed by atoms with E-state index in [1.54, 1.807) is 13.2 Å². The average Bonchev–Trinajstić information content (AvgIpc) is 2.95. The van der Waals surface area contributed by atoms with Crippen molar-refractivity contribution in [3.63, 3.8) is 0 Å². The molecule has 4 rings (SSSR count). The van der Waals surface area contributed by atoms with Gasteiger partial charge in [-0.15, -0.1) is 0 Å². The van der Waals surface area contributed by atoms with Crippen molar-refractivity contribution in [3.05, 3.63) is 47.9 Å². The molecule has 9 nitrogen and oxygen atoms in total. The van der Waals surface area contributed by atoms with Crippen molar-refractivity contribution in [2.45, 2.75) is 51.0 Å². The Hall–Kier alpha value is -3.53. The van der Waals surface area contributed by atoms with Crippen molar-refractivity contribution in [1.82, 2.24) is 19.9 Å². The van der Waals surface area contributed by atoms with Gasteiger partial charge < -0.3 is 25.4 Å². The summed E-state index contributed by atoms with van der Waals surface area (Å²) < 4.78 is 18.3. The van der Waals surface area contributed by atoms with E-state index < -0.39 is 18.7 Å². The number of hydrogen-bond donors (Lipinski definition) is 3. The number of nitrogens with zero attached hydrogens (tertiary/aromatic N) is 4. The van der Waals surface area contributed by atoms with Crippen LogP contribution in [0.25, 0.3) is 10.9 Å². The molecule has 0 saturated carbocycles. The summed E-state index contributed by atoms with van der Waals surface area (Å²) in [6.45, 7) is 2.50. The maximum Gasteiger partial charge on any atom is 0.326 e. The molecule has 0 spiro atoms. The van der Waals surface area contributed by atoms with Gasteiger partial charge in [0.1, 0.15) is 35.3 Å². The lowest BCUT2D eigenvalue weighted by atomic mass is 10.1. The minimum absolute atomic E-state index is 0.356. The van der Waals surface area contributed by atoms with Gasteiger partial charge in [0.15, 0.2) is 0 Å². The lowest BCUT2D eigenvalue weighted by molar-refractivity contribution is -0.138. The number of para-hydroxylation sites is 1. The van der Waals surface area contributed by atoms with E-state index in [0.717, 1.165) is 56.7 Å². The second-order valence-corrected chi connectivity index (χ2v) is 9.58. The molecule has 204 valence electrons. The molecule has 3 heterocycles. The third-order valence-electron chi connectivity index (χ3n) is 6.91. The fourth-order valence-electron chi connectivity index (χ4n) is 4.84. The van der Waals surface area contributed by atoms with Crippen LogP contribution in [0.5, 0.6) is 5.75 Å². The number of hydrogen-bond acceptors (Lipinski definition) is 8. The van der Waals surface area contributed by atoms with Gasteiger partial charge in [-0.05, 0) is 75.3 Å². The van der Waals surface area contributed by atoms with Crippen LogP contribution >= 0.6 is 0 Å². The van der Waals surface area contributed by atoms with Gasteiger partial charge in [0.25, 0.3) is 0 Å². The highest BCUT2D eigenvalue weighted by Gasteiger charge is 2.21. The Labute approximate surface area is 222 Å². The monoisotopic (exact) mass is 524 g/mol. The first-order chi connectivity index (χ1) is 18.6. The third-order valence-corrected chi connectivity index (χ3v) is 6.91. The van der Waals surface area contributed by atoms with Gasteiger partial charge in [0.2, 0.25) is 0 Å². The number of unbranched alkanes of at least 4 members (excludes halogenated alkanes) is 1. The number of carbonyl (C=O) groups is 1. The van der Waals surface area contributed by atoms with Crippen molar-refractivity contribution in [3.8, 4) is 5.75 Å². The number of pyridine rings is 1. The summed E-state index contributed by atoms with van der Waals surface area (Å²) in [6, 6.07) is 8.89. The highest BCUT2D eigenvalue weighted by Crippen LogP contribution is 2.27. The average molecular weight is 525 g/mol. The molecule has 0 unspecified atom stereocenters. The van der Waals surface area contributed by atoms with E-state index in [1.165, 1.54) is 11.9 Å². The largest absolute Gasteiger partial charge is 0.494 e. The van der Waals surface area contributed by atoms with Crippen molar-refractivity contribution < 1.29 is 19.0 Å². The van der Waals surface area contributed by atoms with Crippen LogP contribution in [0.15, 0.2) is 36.7 Å². The standard InChI is InChI=1S/C28H37FN6O3/c1-38-24-10-4-9-22-25(24)31-19-32-27(22)34-23(28(36)37)13-18-35(17-6-14-29)16-3-2-8-21-12-11-20-7-5-15-30-26(20)33-21/h4,9-12,19,23H,2-3,5-8,13-18H2,1H3,(H,30,33)(H,36,37)(H,31,32,34)/t23-/m0/s1. The zero-order valence-electron chi connectivity index (χ0n) is 22.0. The zero-order chi connectivity index (χ0) is 26.7. The highest BCUT2D eigenvalue weighted by molar-refractivity contribution is 5.94. The van der Waals surface area contributed by atoms with E-state index in [1.807, 2.05) is 12.1 Å². The second kappa shape index (κ2) is 13.9. The Morgan fingerprint density at radius 3 is 2.87 bits per heavy atom. The predicted molar refractivity (Wildman–Crippen MR) is 147 cm³/mol. The number of aliphatic carboxylic acids is 1. The third kappa shape index (κ3) is 7.28. The molecule has 1 atom stereocenters. The number of halogens is 1. The van der Waals surface area contributed by atoms with Crippen LogP contribution in [0.1, 0.15) is 43.4 Å². The molecule has 0 bridgehead atoms. The number of methoxy groups -OCH3 is 1. The first-order valence-electron chi connectivity index (χ1n) is 13.4. The molecule has 0 amide bonds. The number of aromatic nitrogens is 3. The predicted octanol–water partition coefficient (Wildman–Crippen LogP) is 4.33. The number of alkyl halides is 1. The van der Waals surface area contributed by atoms with Crippen molar-refractivity contribution in [2.24, 2.45) is 0 Å². The van der Waals surface area contributed by atoms with Crippen LogP contribution in [0.4, 0.5) is 16.0 Å². The number of anilines is 2. The Morgan fingerprint density at radius 2 is 2.05 bits per heavy atom. The fourth-order valence-corrected chi connectivity index (χ4v) is 4.84. The number of ether oxygens (including phenoxy) is 1. The summed E-state index contributed by atoms with van der Waals surface area (Å²) >= 11 is 0. The molecule has 2 aromatic heterocycles. The van der Waals surface area contributed by atoms with E-state index in [-0.39, 0.29) is 0 Å². The summed E-state index contributed by atoms with van der Waals surface area (Å²) in [6.07, 6.45) is 7.18. The Balaban J connectivity index is 1.32. The maximum atomic E-state index is 13.0. The molecule has 1 aromatic carbocycles. The van der Waals surface area contributed by atoms with E-state index in [9.17, 15) is 14.3 Å². The molecule has 1 aliphatic rings. The highest BCUT2D eigenvalue weighted by atomic mass is 19.1. The first kappa shape index (κ1) is 27.5. The number of benzene rings is 1. The van der Waals surface area contributed by atoms with Crippen LogP contribution in [0.3, 0.4) is 0 Å². The Morgan fingerprint density at radius 1 is 1.18 bits per heavy atom. The molecule has 38 heavy (non-hydrogen) atoms. The van der Waals surface area contributed by atoms with Crippen LogP contribution in [0.2, 0.25) is 0 Å². The van der Waals surface area contributed by atoms with E-state index in [4.69, 9.17) is 9.72 Å². The van der Waals surface area contributed by atoms with Gasteiger partial charge in [-0.25, -0.2) is 19.7 Å². The normalized spacial score (nSPS) is 13.7. The summed E-state index contributed by atoms with van der Waals surface area (Å²) in [5.41, 5.74) is 2.98. The van der Waals surface area contributed by atoms with Crippen LogP contribution < -0.4 is 15.4 Å². The van der Waals surface area contributed by atoms with Crippen molar-refractivity contribution >= 4 is 28.5 Å². The Bertz CT molecular complexity index is 1210. The van der Waals surface area contributed by atoms with Gasteiger partial charge in [-0.3, -0.25) is 4.39 Å². The molecule has 0 aliphatic carbocycles. The fraction of sp³-hybridized carbons (Fsp3) is 0.500. The number of fused-ring (bicyclic) bond motifs is 2. The Kier molecular flexibility index (Phi) is 10.0. The lowest BCUT2D eigenvalue weighted by Gasteiger charge is -2.24. The second-order valence-electron chi connectivity index (χ2n) is 9.58. The molecule has 0 saturated heterocycles. The quantitative estimate of drug-likeness (QED) is 0.250. The van der Waals surface area contributed by atoms with Gasteiger partial charge in [-0.2, -0.15) is 0 Å². The molecule has 0 fully saturated rings. The topological polar surface area (TPSA) is 113 Å². The SMILES string of the molecule is COc1cccc2c(N[C@@H](CCN(CCCF)CCCCc3ccc4c(n3)NCCC4)C(=O)O)ncnc12. The van der Waals surface area contributed by atoms with Crippen LogP contribution in [0, 0.1) is 0 Å². The smallest absolute Gasteiger partial charge is 0.326 e. The van der Waals surface area contributed by atoms with Crippen LogP contribution in [-0.4, -0.2) is 76.9 Å².